The Balaban J connectivity index is 2.48. The summed E-state index contributed by atoms with van der Waals surface area (Å²) in [6.45, 7) is 0. The second-order valence-corrected chi connectivity index (χ2v) is 2.38. The molecule has 0 aliphatic carbocycles. The first kappa shape index (κ1) is 7.72. The maximum Gasteiger partial charge on any atom is 0.233 e. The monoisotopic (exact) mass is 176 g/mol. The van der Waals surface area contributed by atoms with Crippen LogP contribution in [0.15, 0.2) is 30.6 Å². The van der Waals surface area contributed by atoms with Gasteiger partial charge >= 0.3 is 0 Å². The van der Waals surface area contributed by atoms with Crippen LogP contribution >= 0.6 is 0 Å². The van der Waals surface area contributed by atoms with Gasteiger partial charge in [0, 0.05) is 17.8 Å². The Morgan fingerprint density at radius 3 is 2.77 bits per heavy atom. The van der Waals surface area contributed by atoms with Gasteiger partial charge in [0.05, 0.1) is 11.9 Å². The van der Waals surface area contributed by atoms with E-state index >= 15 is 0 Å². The molecule has 2 aromatic rings. The van der Waals surface area contributed by atoms with Gasteiger partial charge in [0.1, 0.15) is 0 Å². The van der Waals surface area contributed by atoms with Crippen molar-refractivity contribution in [2.75, 3.05) is 0 Å². The molecule has 2 aromatic heterocycles. The molecule has 2 rings (SSSR count). The molecule has 64 valence electrons. The fourth-order valence-corrected chi connectivity index (χ4v) is 0.936. The Morgan fingerprint density at radius 1 is 1.15 bits per heavy atom. The van der Waals surface area contributed by atoms with Crippen LogP contribution in [0.4, 0.5) is 4.39 Å². The second kappa shape index (κ2) is 3.22. The number of aromatic nitrogens is 4. The minimum absolute atomic E-state index is 0.570. The molecule has 0 radical (unpaired) electrons. The van der Waals surface area contributed by atoms with E-state index in [0.29, 0.717) is 11.3 Å². The molecular formula is C8H5FN4. The van der Waals surface area contributed by atoms with E-state index in [0.717, 1.165) is 0 Å². The molecule has 0 saturated carbocycles. The zero-order valence-corrected chi connectivity index (χ0v) is 6.55. The summed E-state index contributed by atoms with van der Waals surface area (Å²) in [5, 5.41) is 14.1. The zero-order valence-electron chi connectivity index (χ0n) is 6.55. The molecule has 0 N–H and O–H groups in total. The van der Waals surface area contributed by atoms with Crippen LogP contribution in [0.2, 0.25) is 0 Å². The largest absolute Gasteiger partial charge is 0.233 e. The van der Waals surface area contributed by atoms with Gasteiger partial charge in [0.25, 0.3) is 0 Å². The zero-order chi connectivity index (χ0) is 9.10. The third-order valence-corrected chi connectivity index (χ3v) is 1.49. The molecule has 0 saturated heterocycles. The van der Waals surface area contributed by atoms with Crippen molar-refractivity contribution in [2.45, 2.75) is 0 Å². The van der Waals surface area contributed by atoms with Gasteiger partial charge in [-0.05, 0) is 12.1 Å². The van der Waals surface area contributed by atoms with Crippen LogP contribution in [0.1, 0.15) is 0 Å². The van der Waals surface area contributed by atoms with E-state index in [4.69, 9.17) is 0 Å². The topological polar surface area (TPSA) is 51.6 Å². The average Bonchev–Trinajstić information content (AvgIpc) is 2.19. The summed E-state index contributed by atoms with van der Waals surface area (Å²) < 4.78 is 12.6. The standard InChI is InChI=1S/C8H5FN4/c9-8-4-6(5-11-13-8)7-2-1-3-10-12-7/h1-5H. The molecule has 0 amide bonds. The summed E-state index contributed by atoms with van der Waals surface area (Å²) in [7, 11) is 0. The summed E-state index contributed by atoms with van der Waals surface area (Å²) in [6.07, 6.45) is 2.99. The molecule has 2 heterocycles. The average molecular weight is 176 g/mol. The van der Waals surface area contributed by atoms with Gasteiger partial charge in [-0.3, -0.25) is 0 Å². The molecule has 0 atom stereocenters. The lowest BCUT2D eigenvalue weighted by Gasteiger charge is -1.96. The van der Waals surface area contributed by atoms with E-state index in [2.05, 4.69) is 20.4 Å². The fraction of sp³-hybridized carbons (Fsp3) is 0. The third kappa shape index (κ3) is 1.64. The SMILES string of the molecule is Fc1cc(-c2cccnn2)cnn1. The predicted molar refractivity (Wildman–Crippen MR) is 43.0 cm³/mol. The summed E-state index contributed by atoms with van der Waals surface area (Å²) in [5.74, 6) is -0.622. The van der Waals surface area contributed by atoms with E-state index in [1.807, 2.05) is 0 Å². The van der Waals surface area contributed by atoms with Crippen LogP contribution in [-0.4, -0.2) is 20.4 Å². The minimum Gasteiger partial charge on any atom is -0.183 e. The highest BCUT2D eigenvalue weighted by Gasteiger charge is 2.00. The van der Waals surface area contributed by atoms with Crippen molar-refractivity contribution in [3.05, 3.63) is 36.5 Å². The summed E-state index contributed by atoms with van der Waals surface area (Å²) >= 11 is 0. The molecule has 4 nitrogen and oxygen atoms in total. The molecular weight excluding hydrogens is 171 g/mol. The van der Waals surface area contributed by atoms with Gasteiger partial charge in [-0.15, -0.1) is 5.10 Å². The molecule has 0 unspecified atom stereocenters. The lowest BCUT2D eigenvalue weighted by atomic mass is 10.2. The lowest BCUT2D eigenvalue weighted by Crippen LogP contribution is -1.91. The summed E-state index contributed by atoms with van der Waals surface area (Å²) in [6, 6.07) is 4.71. The van der Waals surface area contributed by atoms with Crippen LogP contribution in [-0.2, 0) is 0 Å². The number of halogens is 1. The van der Waals surface area contributed by atoms with Crippen molar-refractivity contribution in [1.82, 2.24) is 20.4 Å². The van der Waals surface area contributed by atoms with Gasteiger partial charge in [-0.2, -0.15) is 19.7 Å². The first-order chi connectivity index (χ1) is 6.36. The van der Waals surface area contributed by atoms with E-state index < -0.39 is 5.95 Å². The van der Waals surface area contributed by atoms with Crippen molar-refractivity contribution < 1.29 is 4.39 Å². The fourth-order valence-electron chi connectivity index (χ4n) is 0.936. The number of rotatable bonds is 1. The predicted octanol–water partition coefficient (Wildman–Crippen LogP) is 1.07. The maximum absolute atomic E-state index is 12.6. The highest BCUT2D eigenvalue weighted by molar-refractivity contribution is 5.55. The van der Waals surface area contributed by atoms with Crippen molar-refractivity contribution in [3.8, 4) is 11.3 Å². The first-order valence-corrected chi connectivity index (χ1v) is 3.62. The lowest BCUT2D eigenvalue weighted by molar-refractivity contribution is 0.564. The van der Waals surface area contributed by atoms with Crippen molar-refractivity contribution in [3.63, 3.8) is 0 Å². The highest BCUT2D eigenvalue weighted by Crippen LogP contribution is 2.13. The Kier molecular flexibility index (Phi) is 1.91. The van der Waals surface area contributed by atoms with Crippen LogP contribution in [0.3, 0.4) is 0 Å². The van der Waals surface area contributed by atoms with Crippen molar-refractivity contribution >= 4 is 0 Å². The molecule has 0 fully saturated rings. The molecule has 0 aliphatic rings. The Bertz CT molecular complexity index is 404. The van der Waals surface area contributed by atoms with Gasteiger partial charge in [0.15, 0.2) is 0 Å². The Morgan fingerprint density at radius 2 is 2.08 bits per heavy atom. The molecule has 0 spiro atoms. The van der Waals surface area contributed by atoms with Gasteiger partial charge in [-0.1, -0.05) is 0 Å². The van der Waals surface area contributed by atoms with Crippen molar-refractivity contribution in [2.24, 2.45) is 0 Å². The van der Waals surface area contributed by atoms with E-state index in [-0.39, 0.29) is 0 Å². The van der Waals surface area contributed by atoms with Gasteiger partial charge < -0.3 is 0 Å². The van der Waals surface area contributed by atoms with E-state index in [9.17, 15) is 4.39 Å². The molecule has 0 bridgehead atoms. The number of hydrogen-bond donors (Lipinski definition) is 0. The summed E-state index contributed by atoms with van der Waals surface area (Å²) in [5.41, 5.74) is 1.15. The summed E-state index contributed by atoms with van der Waals surface area (Å²) in [4.78, 5) is 0. The molecule has 13 heavy (non-hydrogen) atoms. The third-order valence-electron chi connectivity index (χ3n) is 1.49. The Hall–Kier alpha value is -1.91. The smallest absolute Gasteiger partial charge is 0.183 e. The molecule has 0 aromatic carbocycles. The maximum atomic E-state index is 12.6. The van der Waals surface area contributed by atoms with Crippen LogP contribution in [0.5, 0.6) is 0 Å². The van der Waals surface area contributed by atoms with Crippen LogP contribution in [0.25, 0.3) is 11.3 Å². The van der Waals surface area contributed by atoms with Gasteiger partial charge in [-0.25, -0.2) is 0 Å². The number of hydrogen-bond acceptors (Lipinski definition) is 4. The van der Waals surface area contributed by atoms with Crippen LogP contribution in [0, 0.1) is 5.95 Å². The quantitative estimate of drug-likeness (QED) is 0.652. The van der Waals surface area contributed by atoms with Crippen molar-refractivity contribution in [1.29, 1.82) is 0 Å². The van der Waals surface area contributed by atoms with Crippen LogP contribution < -0.4 is 0 Å². The Labute approximate surface area is 73.5 Å². The molecule has 0 aliphatic heterocycles. The molecule has 5 heteroatoms. The van der Waals surface area contributed by atoms with E-state index in [1.165, 1.54) is 12.3 Å². The normalized spacial score (nSPS) is 9.92. The first-order valence-electron chi connectivity index (χ1n) is 3.62. The van der Waals surface area contributed by atoms with E-state index in [1.54, 1.807) is 18.3 Å². The second-order valence-electron chi connectivity index (χ2n) is 2.38. The number of nitrogens with zero attached hydrogens (tertiary/aromatic N) is 4. The minimum atomic E-state index is -0.622. The highest BCUT2D eigenvalue weighted by atomic mass is 19.1. The van der Waals surface area contributed by atoms with Gasteiger partial charge in [0.2, 0.25) is 5.95 Å².